The summed E-state index contributed by atoms with van der Waals surface area (Å²) >= 11 is 0. The first-order valence-electron chi connectivity index (χ1n) is 10.6. The highest BCUT2D eigenvalue weighted by Gasteiger charge is 2.23. The van der Waals surface area contributed by atoms with Gasteiger partial charge in [-0.05, 0) is 24.5 Å². The van der Waals surface area contributed by atoms with Crippen molar-refractivity contribution in [1.29, 1.82) is 0 Å². The highest BCUT2D eigenvalue weighted by molar-refractivity contribution is 5.72. The number of benzene rings is 2. The lowest BCUT2D eigenvalue weighted by molar-refractivity contribution is -0.147. The molecule has 0 unspecified atom stereocenters. The van der Waals surface area contributed by atoms with Crippen LogP contribution in [0.25, 0.3) is 0 Å². The molecule has 31 heavy (non-hydrogen) atoms. The first-order valence-corrected chi connectivity index (χ1v) is 10.6. The average Bonchev–Trinajstić information content (AvgIpc) is 2.97. The summed E-state index contributed by atoms with van der Waals surface area (Å²) in [7, 11) is 0. The molecular weight excluding hydrogens is 392 g/mol. The van der Waals surface area contributed by atoms with Crippen LogP contribution in [-0.4, -0.2) is 48.6 Å². The van der Waals surface area contributed by atoms with Gasteiger partial charge >= 0.3 is 11.9 Å². The molecule has 2 atom stereocenters. The van der Waals surface area contributed by atoms with Crippen molar-refractivity contribution in [3.8, 4) is 0 Å². The molecule has 1 heterocycles. The van der Waals surface area contributed by atoms with E-state index in [9.17, 15) is 9.59 Å². The van der Waals surface area contributed by atoms with Gasteiger partial charge in [0.25, 0.3) is 0 Å². The molecule has 0 spiro atoms. The lowest BCUT2D eigenvalue weighted by atomic mass is 10.2. The Bertz CT molecular complexity index is 854. The van der Waals surface area contributed by atoms with Gasteiger partial charge in [0.05, 0.1) is 13.1 Å². The fourth-order valence-electron chi connectivity index (χ4n) is 3.41. The van der Waals surface area contributed by atoms with Gasteiger partial charge in [0.15, 0.2) is 0 Å². The van der Waals surface area contributed by atoms with E-state index >= 15 is 0 Å². The zero-order valence-electron chi connectivity index (χ0n) is 17.9. The summed E-state index contributed by atoms with van der Waals surface area (Å²) < 4.78 is 10.8. The second kappa shape index (κ2) is 12.0. The molecule has 0 aromatic heterocycles. The van der Waals surface area contributed by atoms with Crippen LogP contribution < -0.4 is 5.32 Å². The van der Waals surface area contributed by atoms with Crippen LogP contribution in [-0.2, 0) is 32.3 Å². The Hall–Kier alpha value is -2.96. The van der Waals surface area contributed by atoms with Crippen LogP contribution in [0.4, 0.5) is 0 Å². The molecule has 2 aromatic carbocycles. The summed E-state index contributed by atoms with van der Waals surface area (Å²) in [5.41, 5.74) is 1.93. The minimum atomic E-state index is -0.293. The molecule has 0 bridgehead atoms. The van der Waals surface area contributed by atoms with Crippen molar-refractivity contribution >= 4 is 11.9 Å². The predicted molar refractivity (Wildman–Crippen MR) is 119 cm³/mol. The summed E-state index contributed by atoms with van der Waals surface area (Å²) in [6.07, 6.45) is 4.96. The zero-order chi connectivity index (χ0) is 21.9. The summed E-state index contributed by atoms with van der Waals surface area (Å²) in [6.45, 7) is 3.56. The van der Waals surface area contributed by atoms with Gasteiger partial charge in [-0.1, -0.05) is 72.8 Å². The van der Waals surface area contributed by atoms with Crippen LogP contribution in [0, 0.1) is 0 Å². The predicted octanol–water partition coefficient (Wildman–Crippen LogP) is 3.08. The third-order valence-electron chi connectivity index (χ3n) is 5.22. The summed E-state index contributed by atoms with van der Waals surface area (Å²) in [5.74, 6) is -0.550. The van der Waals surface area contributed by atoms with Crippen molar-refractivity contribution in [3.05, 3.63) is 83.9 Å². The highest BCUT2D eigenvalue weighted by Crippen LogP contribution is 2.11. The maximum absolute atomic E-state index is 12.4. The quantitative estimate of drug-likeness (QED) is 0.495. The van der Waals surface area contributed by atoms with E-state index in [0.717, 1.165) is 17.5 Å². The standard InChI is InChI=1S/C25H30N2O4/c1-20-9-8-14-23(26-15-24(28)30-18-21-10-4-2-5-11-21)16-27(20)17-25(29)31-19-22-12-6-3-7-13-22/h2-13,20,23,26H,14-19H2,1H3/t20-,23-/m0/s1. The third kappa shape index (κ3) is 8.00. The fraction of sp³-hybridized carbons (Fsp3) is 0.360. The second-order valence-corrected chi connectivity index (χ2v) is 7.70. The Balaban J connectivity index is 1.42. The molecular formula is C25H30N2O4. The smallest absolute Gasteiger partial charge is 0.320 e. The number of rotatable bonds is 9. The highest BCUT2D eigenvalue weighted by atomic mass is 16.5. The molecule has 1 N–H and O–H groups in total. The lowest BCUT2D eigenvalue weighted by Gasteiger charge is -2.28. The van der Waals surface area contributed by atoms with E-state index in [1.54, 1.807) is 0 Å². The molecule has 6 nitrogen and oxygen atoms in total. The van der Waals surface area contributed by atoms with E-state index < -0.39 is 0 Å². The molecule has 0 saturated heterocycles. The summed E-state index contributed by atoms with van der Waals surface area (Å²) in [4.78, 5) is 26.5. The molecule has 0 aliphatic carbocycles. The Morgan fingerprint density at radius 2 is 1.52 bits per heavy atom. The first-order chi connectivity index (χ1) is 15.1. The maximum atomic E-state index is 12.4. The van der Waals surface area contributed by atoms with E-state index in [2.05, 4.69) is 29.3 Å². The van der Waals surface area contributed by atoms with Crippen molar-refractivity contribution in [2.24, 2.45) is 0 Å². The number of carbonyl (C=O) groups excluding carboxylic acids is 2. The molecule has 0 radical (unpaired) electrons. The molecule has 1 aliphatic rings. The number of esters is 2. The Labute approximate surface area is 183 Å². The van der Waals surface area contributed by atoms with Gasteiger partial charge in [-0.3, -0.25) is 14.5 Å². The van der Waals surface area contributed by atoms with Crippen LogP contribution in [0.5, 0.6) is 0 Å². The van der Waals surface area contributed by atoms with Crippen LogP contribution >= 0.6 is 0 Å². The second-order valence-electron chi connectivity index (χ2n) is 7.70. The van der Waals surface area contributed by atoms with Crippen LogP contribution in [0.2, 0.25) is 0 Å². The number of hydrogen-bond donors (Lipinski definition) is 1. The molecule has 1 aliphatic heterocycles. The van der Waals surface area contributed by atoms with E-state index in [1.807, 2.05) is 60.7 Å². The number of hydrogen-bond acceptors (Lipinski definition) is 6. The minimum Gasteiger partial charge on any atom is -0.460 e. The van der Waals surface area contributed by atoms with E-state index in [4.69, 9.17) is 9.47 Å². The van der Waals surface area contributed by atoms with E-state index in [-0.39, 0.29) is 50.3 Å². The van der Waals surface area contributed by atoms with Crippen molar-refractivity contribution in [1.82, 2.24) is 10.2 Å². The number of nitrogens with zero attached hydrogens (tertiary/aromatic N) is 1. The van der Waals surface area contributed by atoms with Gasteiger partial charge in [-0.15, -0.1) is 0 Å². The van der Waals surface area contributed by atoms with E-state index in [0.29, 0.717) is 6.54 Å². The first kappa shape index (κ1) is 22.7. The average molecular weight is 423 g/mol. The van der Waals surface area contributed by atoms with Crippen LogP contribution in [0.3, 0.4) is 0 Å². The zero-order valence-corrected chi connectivity index (χ0v) is 17.9. The van der Waals surface area contributed by atoms with Crippen molar-refractivity contribution < 1.29 is 19.1 Å². The summed E-state index contributed by atoms with van der Waals surface area (Å²) in [6, 6.07) is 19.4. The van der Waals surface area contributed by atoms with E-state index in [1.165, 1.54) is 0 Å². The van der Waals surface area contributed by atoms with Gasteiger partial charge in [-0.25, -0.2) is 0 Å². The molecule has 0 amide bonds. The topological polar surface area (TPSA) is 67.9 Å². The van der Waals surface area contributed by atoms with Gasteiger partial charge in [0.1, 0.15) is 13.2 Å². The Morgan fingerprint density at radius 3 is 2.13 bits per heavy atom. The lowest BCUT2D eigenvalue weighted by Crippen LogP contribution is -2.46. The minimum absolute atomic E-state index is 0.0485. The summed E-state index contributed by atoms with van der Waals surface area (Å²) in [5, 5.41) is 3.26. The van der Waals surface area contributed by atoms with Crippen LogP contribution in [0.1, 0.15) is 24.5 Å². The van der Waals surface area contributed by atoms with Gasteiger partial charge in [0.2, 0.25) is 0 Å². The SMILES string of the molecule is C[C@H]1C=CC[C@H](NCC(=O)OCc2ccccc2)CN1CC(=O)OCc1ccccc1. The largest absolute Gasteiger partial charge is 0.460 e. The molecule has 164 valence electrons. The normalized spacial score (nSPS) is 18.9. The fourth-order valence-corrected chi connectivity index (χ4v) is 3.41. The molecule has 3 rings (SSSR count). The number of nitrogens with one attached hydrogen (secondary N) is 1. The third-order valence-corrected chi connectivity index (χ3v) is 5.22. The van der Waals surface area contributed by atoms with Gasteiger partial charge in [-0.2, -0.15) is 0 Å². The molecule has 0 saturated carbocycles. The van der Waals surface area contributed by atoms with Crippen LogP contribution in [0.15, 0.2) is 72.8 Å². The Kier molecular flexibility index (Phi) is 8.82. The molecule has 6 heteroatoms. The van der Waals surface area contributed by atoms with Gasteiger partial charge in [0, 0.05) is 18.6 Å². The van der Waals surface area contributed by atoms with Crippen molar-refractivity contribution in [2.75, 3.05) is 19.6 Å². The maximum Gasteiger partial charge on any atom is 0.320 e. The van der Waals surface area contributed by atoms with Crippen molar-refractivity contribution in [3.63, 3.8) is 0 Å². The van der Waals surface area contributed by atoms with Gasteiger partial charge < -0.3 is 14.8 Å². The number of ether oxygens (including phenoxy) is 2. The molecule has 0 fully saturated rings. The monoisotopic (exact) mass is 422 g/mol. The number of carbonyl (C=O) groups is 2. The Morgan fingerprint density at radius 1 is 0.935 bits per heavy atom. The van der Waals surface area contributed by atoms with Crippen molar-refractivity contribution in [2.45, 2.75) is 38.6 Å². The molecule has 2 aromatic rings.